The molecule has 2 aliphatic rings. The monoisotopic (exact) mass is 970 g/mol. The van der Waals surface area contributed by atoms with Gasteiger partial charge in [-0.2, -0.15) is 0 Å². The highest BCUT2D eigenvalue weighted by Crippen LogP contribution is 2.32. The highest BCUT2D eigenvalue weighted by Gasteiger charge is 2.23. The number of hydrogen-bond donors (Lipinski definition) is 2. The van der Waals surface area contributed by atoms with Gasteiger partial charge in [0.25, 0.3) is 11.8 Å². The number of nitrogens with zero attached hydrogens (tertiary/aromatic N) is 8. The Balaban J connectivity index is 0.000000206. The number of amides is 2. The molecule has 4 heterocycles. The Morgan fingerprint density at radius 3 is 1.34 bits per heavy atom. The summed E-state index contributed by atoms with van der Waals surface area (Å²) in [6.45, 7) is 11.1. The Kier molecular flexibility index (Phi) is 17.3. The first-order chi connectivity index (χ1) is 33.6. The third kappa shape index (κ3) is 13.3. The molecule has 2 atom stereocenters. The number of benzene rings is 4. The van der Waals surface area contributed by atoms with Gasteiger partial charge >= 0.3 is 0 Å². The molecule has 2 aromatic heterocycles. The largest absolute Gasteiger partial charge is 0.486 e. The van der Waals surface area contributed by atoms with Crippen LogP contribution in [0.2, 0.25) is 0 Å². The molecule has 8 rings (SSSR count). The molecule has 6 aromatic rings. The minimum Gasteiger partial charge on any atom is -0.486 e. The lowest BCUT2D eigenvalue weighted by atomic mass is 10.0. The second kappa shape index (κ2) is 23.7. The van der Waals surface area contributed by atoms with E-state index in [2.05, 4.69) is 30.4 Å². The second-order valence-corrected chi connectivity index (χ2v) is 17.3. The molecule has 2 amide bonds. The third-order valence-electron chi connectivity index (χ3n) is 11.5. The maximum atomic E-state index is 13.7. The Morgan fingerprint density at radius 1 is 0.600 bits per heavy atom. The van der Waals surface area contributed by atoms with Gasteiger partial charge in [0.15, 0.2) is 23.3 Å². The first kappa shape index (κ1) is 51.1. The van der Waals surface area contributed by atoms with Crippen LogP contribution in [0.1, 0.15) is 57.9 Å². The standard InChI is InChI=1S/2C25H29F2N5O3/c2*1-16(35-18-4-5-20(26)21(27)14-18)19-12-17(25(33)28-6-7-31(2)3)13-22-24(19)30-23(15-29-22)32-8-10-34-11-9-32/h2*4-5,12-16H,6-11H2,1-3H3,(H,28,33). The Morgan fingerprint density at radius 2 is 0.986 bits per heavy atom. The number of carbonyl (C=O) groups is 2. The Hall–Kier alpha value is -6.74. The first-order valence-electron chi connectivity index (χ1n) is 23.0. The van der Waals surface area contributed by atoms with Crippen LogP contribution in [0.15, 0.2) is 73.1 Å². The number of nitrogens with one attached hydrogen (secondary N) is 2. The molecule has 2 unspecified atom stereocenters. The topological polar surface area (TPSA) is 160 Å². The SMILES string of the molecule is CC(Oc1ccc(F)c(F)c1)c1cc(C(=O)NCCN(C)C)cc2ncc(N3CCOCC3)nc12.CC(Oc1ccc(F)c(F)c1)c1cc(C(=O)NCCN(C)C)cc2ncc(N3CCOCC3)nc12. The number of likely N-dealkylation sites (N-methyl/N-ethyl adjacent to an activating group) is 2. The van der Waals surface area contributed by atoms with Crippen LogP contribution in [0, 0.1) is 23.3 Å². The van der Waals surface area contributed by atoms with Crippen molar-refractivity contribution in [3.8, 4) is 11.5 Å². The fourth-order valence-corrected chi connectivity index (χ4v) is 7.66. The molecule has 0 bridgehead atoms. The highest BCUT2D eigenvalue weighted by atomic mass is 19.2. The molecule has 2 N–H and O–H groups in total. The Labute approximate surface area is 403 Å². The highest BCUT2D eigenvalue weighted by molar-refractivity contribution is 5.99. The van der Waals surface area contributed by atoms with E-state index in [1.807, 2.05) is 38.0 Å². The van der Waals surface area contributed by atoms with Crippen LogP contribution in [0.3, 0.4) is 0 Å². The molecule has 20 heteroatoms. The van der Waals surface area contributed by atoms with Crippen molar-refractivity contribution in [3.63, 3.8) is 0 Å². The van der Waals surface area contributed by atoms with E-state index in [9.17, 15) is 27.2 Å². The second-order valence-electron chi connectivity index (χ2n) is 17.3. The predicted molar refractivity (Wildman–Crippen MR) is 258 cm³/mol. The van der Waals surface area contributed by atoms with E-state index in [0.29, 0.717) is 135 Å². The van der Waals surface area contributed by atoms with Gasteiger partial charge in [-0.3, -0.25) is 19.6 Å². The summed E-state index contributed by atoms with van der Waals surface area (Å²) < 4.78 is 76.9. The molecule has 0 aliphatic carbocycles. The predicted octanol–water partition coefficient (Wildman–Crippen LogP) is 6.35. The number of halogens is 4. The van der Waals surface area contributed by atoms with Gasteiger partial charge in [-0.15, -0.1) is 0 Å². The van der Waals surface area contributed by atoms with Gasteiger partial charge in [0.05, 0.1) is 60.9 Å². The van der Waals surface area contributed by atoms with Crippen molar-refractivity contribution in [1.29, 1.82) is 0 Å². The average Bonchev–Trinajstić information content (AvgIpc) is 3.35. The molecule has 0 radical (unpaired) electrons. The summed E-state index contributed by atoms with van der Waals surface area (Å²) in [4.78, 5) is 52.7. The number of morpholine rings is 2. The summed E-state index contributed by atoms with van der Waals surface area (Å²) in [5.41, 5.74) is 4.31. The average molecular weight is 971 g/mol. The van der Waals surface area contributed by atoms with E-state index in [1.54, 1.807) is 50.5 Å². The fraction of sp³-hybridized carbons (Fsp3) is 0.400. The van der Waals surface area contributed by atoms with Crippen LogP contribution in [-0.4, -0.2) is 149 Å². The van der Waals surface area contributed by atoms with Crippen LogP contribution in [0.5, 0.6) is 11.5 Å². The van der Waals surface area contributed by atoms with E-state index >= 15 is 0 Å². The summed E-state index contributed by atoms with van der Waals surface area (Å²) in [6.07, 6.45) is 2.13. The lowest BCUT2D eigenvalue weighted by molar-refractivity contribution is 0.0942. The number of anilines is 2. The zero-order chi connectivity index (χ0) is 49.9. The minimum atomic E-state index is -0.997. The van der Waals surface area contributed by atoms with Crippen LogP contribution >= 0.6 is 0 Å². The van der Waals surface area contributed by atoms with Crippen molar-refractivity contribution in [2.24, 2.45) is 0 Å². The lowest BCUT2D eigenvalue weighted by Gasteiger charge is -2.28. The van der Waals surface area contributed by atoms with Gasteiger partial charge < -0.3 is 49.2 Å². The zero-order valence-electron chi connectivity index (χ0n) is 40.1. The van der Waals surface area contributed by atoms with Crippen LogP contribution in [-0.2, 0) is 9.47 Å². The summed E-state index contributed by atoms with van der Waals surface area (Å²) in [5.74, 6) is -2.64. The molecule has 4 aromatic carbocycles. The lowest BCUT2D eigenvalue weighted by Crippen LogP contribution is -2.36. The molecule has 2 fully saturated rings. The molecule has 2 aliphatic heterocycles. The molecule has 0 spiro atoms. The van der Waals surface area contributed by atoms with E-state index < -0.39 is 35.5 Å². The van der Waals surface area contributed by atoms with Crippen LogP contribution in [0.4, 0.5) is 29.2 Å². The zero-order valence-corrected chi connectivity index (χ0v) is 40.1. The van der Waals surface area contributed by atoms with Gasteiger partial charge in [0.2, 0.25) is 0 Å². The van der Waals surface area contributed by atoms with E-state index in [0.717, 1.165) is 24.3 Å². The van der Waals surface area contributed by atoms with Gasteiger partial charge in [-0.1, -0.05) is 0 Å². The van der Waals surface area contributed by atoms with Gasteiger partial charge in [0.1, 0.15) is 35.3 Å². The van der Waals surface area contributed by atoms with Crippen molar-refractivity contribution < 1.29 is 46.1 Å². The smallest absolute Gasteiger partial charge is 0.251 e. The maximum absolute atomic E-state index is 13.7. The van der Waals surface area contributed by atoms with Gasteiger partial charge in [0, 0.05) is 86.7 Å². The van der Waals surface area contributed by atoms with Crippen molar-refractivity contribution in [2.45, 2.75) is 26.1 Å². The number of ether oxygens (including phenoxy) is 4. The molecule has 2 saturated heterocycles. The van der Waals surface area contributed by atoms with Crippen molar-refractivity contribution in [2.75, 3.05) is 117 Å². The number of rotatable bonds is 16. The number of aromatic nitrogens is 4. The van der Waals surface area contributed by atoms with Gasteiger partial charge in [-0.25, -0.2) is 27.5 Å². The summed E-state index contributed by atoms with van der Waals surface area (Å²) >= 11 is 0. The quantitative estimate of drug-likeness (QED) is 0.103. The van der Waals surface area contributed by atoms with Crippen molar-refractivity contribution in [1.82, 2.24) is 40.4 Å². The fourth-order valence-electron chi connectivity index (χ4n) is 7.66. The molecular weight excluding hydrogens is 913 g/mol. The molecule has 16 nitrogen and oxygen atoms in total. The van der Waals surface area contributed by atoms with Crippen molar-refractivity contribution >= 4 is 45.5 Å². The summed E-state index contributed by atoms with van der Waals surface area (Å²) in [5, 5.41) is 5.81. The molecule has 372 valence electrons. The minimum absolute atomic E-state index is 0.169. The number of fused-ring (bicyclic) bond motifs is 2. The van der Waals surface area contributed by atoms with E-state index in [4.69, 9.17) is 28.9 Å². The van der Waals surface area contributed by atoms with E-state index in [1.165, 1.54) is 12.1 Å². The third-order valence-corrected chi connectivity index (χ3v) is 11.5. The Bertz CT molecular complexity index is 2590. The molecule has 0 saturated carbocycles. The normalized spacial score (nSPS) is 14.9. The molecule has 70 heavy (non-hydrogen) atoms. The van der Waals surface area contributed by atoms with E-state index in [-0.39, 0.29) is 23.3 Å². The summed E-state index contributed by atoms with van der Waals surface area (Å²) in [6, 6.07) is 13.6. The number of hydrogen-bond acceptors (Lipinski definition) is 14. The summed E-state index contributed by atoms with van der Waals surface area (Å²) in [7, 11) is 7.72. The van der Waals surface area contributed by atoms with Gasteiger partial charge in [-0.05, 0) is 90.6 Å². The van der Waals surface area contributed by atoms with Crippen LogP contribution in [0.25, 0.3) is 22.1 Å². The maximum Gasteiger partial charge on any atom is 0.251 e. The van der Waals surface area contributed by atoms with Crippen molar-refractivity contribution in [3.05, 3.63) is 119 Å². The molecular formula is C50H58F4N10O6. The number of carbonyl (C=O) groups excluding carboxylic acids is 2. The van der Waals surface area contributed by atoms with Crippen LogP contribution < -0.4 is 29.9 Å². The first-order valence-corrected chi connectivity index (χ1v) is 23.0.